The van der Waals surface area contributed by atoms with E-state index in [-0.39, 0.29) is 0 Å². The van der Waals surface area contributed by atoms with Crippen molar-refractivity contribution in [3.05, 3.63) is 81.7 Å². The largest absolute Gasteiger partial charge is 0.441 e. The van der Waals surface area contributed by atoms with E-state index in [1.807, 2.05) is 6.07 Å². The first-order chi connectivity index (χ1) is 19.0. The van der Waals surface area contributed by atoms with E-state index in [2.05, 4.69) is 66.5 Å². The van der Waals surface area contributed by atoms with Gasteiger partial charge >= 0.3 is 0 Å². The van der Waals surface area contributed by atoms with E-state index >= 15 is 0 Å². The Hall–Kier alpha value is -3.45. The Labute approximate surface area is 233 Å². The molecular weight excluding hydrogens is 508 g/mol. The van der Waals surface area contributed by atoms with Gasteiger partial charge in [-0.15, -0.1) is 0 Å². The zero-order valence-corrected chi connectivity index (χ0v) is 23.1. The van der Waals surface area contributed by atoms with Crippen LogP contribution in [0.25, 0.3) is 45.1 Å². The van der Waals surface area contributed by atoms with E-state index in [1.54, 1.807) is 0 Å². The summed E-state index contributed by atoms with van der Waals surface area (Å²) in [6.45, 7) is 9.12. The first-order valence-corrected chi connectivity index (χ1v) is 14.1. The van der Waals surface area contributed by atoms with Crippen LogP contribution in [0.15, 0.2) is 57.4 Å². The summed E-state index contributed by atoms with van der Waals surface area (Å²) in [7, 11) is 0. The maximum Gasteiger partial charge on any atom is 0.227 e. The van der Waals surface area contributed by atoms with Crippen molar-refractivity contribution in [3.63, 3.8) is 0 Å². The summed E-state index contributed by atoms with van der Waals surface area (Å²) in [4.78, 5) is 12.2. The third-order valence-electron chi connectivity index (χ3n) is 8.13. The Bertz CT molecular complexity index is 1670. The number of halogens is 1. The number of likely N-dealkylation sites (tertiary alicyclic amines) is 1. The topological polar surface area (TPSA) is 67.3 Å². The number of oxazole rings is 2. The van der Waals surface area contributed by atoms with Crippen LogP contribution in [0, 0.1) is 13.8 Å². The van der Waals surface area contributed by atoms with Gasteiger partial charge in [-0.1, -0.05) is 35.9 Å². The summed E-state index contributed by atoms with van der Waals surface area (Å²) in [5.74, 6) is 2.27. The number of hydrogen-bond donors (Lipinski definition) is 1. The molecule has 1 saturated heterocycles. The van der Waals surface area contributed by atoms with Crippen molar-refractivity contribution < 1.29 is 8.83 Å². The van der Waals surface area contributed by atoms with Crippen molar-refractivity contribution in [1.82, 2.24) is 20.2 Å². The fraction of sp³-hybridized carbons (Fsp3) is 0.312. The summed E-state index contributed by atoms with van der Waals surface area (Å²) >= 11 is 6.68. The van der Waals surface area contributed by atoms with Crippen molar-refractivity contribution in [1.29, 1.82) is 0 Å². The molecule has 1 N–H and O–H groups in total. The molecule has 3 aromatic carbocycles. The molecule has 2 aromatic heterocycles. The SMILES string of the molecule is Cc1c(-c2nc3c(o2)CCNC3)cccc1-c1cccc(-c2nc3cc(CN4CCCC4)cc(Cl)c3o2)c1C. The van der Waals surface area contributed by atoms with Gasteiger partial charge in [-0.3, -0.25) is 4.90 Å². The highest BCUT2D eigenvalue weighted by Crippen LogP contribution is 2.38. The molecule has 0 atom stereocenters. The van der Waals surface area contributed by atoms with Crippen LogP contribution in [0.4, 0.5) is 0 Å². The van der Waals surface area contributed by atoms with Gasteiger partial charge in [-0.2, -0.15) is 0 Å². The van der Waals surface area contributed by atoms with Gasteiger partial charge in [0.1, 0.15) is 11.3 Å². The van der Waals surface area contributed by atoms with E-state index in [0.717, 1.165) is 89.5 Å². The number of benzene rings is 3. The molecule has 0 saturated carbocycles. The zero-order valence-electron chi connectivity index (χ0n) is 22.3. The van der Waals surface area contributed by atoms with Crippen LogP contribution in [-0.2, 0) is 19.5 Å². The zero-order chi connectivity index (χ0) is 26.5. The number of nitrogens with zero attached hydrogens (tertiary/aromatic N) is 3. The molecule has 198 valence electrons. The summed E-state index contributed by atoms with van der Waals surface area (Å²) in [5, 5.41) is 3.98. The van der Waals surface area contributed by atoms with Gasteiger partial charge in [0.05, 0.1) is 10.7 Å². The minimum atomic E-state index is 0.589. The van der Waals surface area contributed by atoms with Crippen molar-refractivity contribution in [2.75, 3.05) is 19.6 Å². The van der Waals surface area contributed by atoms with Crippen LogP contribution in [-0.4, -0.2) is 34.5 Å². The van der Waals surface area contributed by atoms with Crippen molar-refractivity contribution in [3.8, 4) is 34.0 Å². The van der Waals surface area contributed by atoms with Gasteiger partial charge in [-0.25, -0.2) is 9.97 Å². The lowest BCUT2D eigenvalue weighted by atomic mass is 9.91. The molecule has 39 heavy (non-hydrogen) atoms. The molecule has 0 amide bonds. The highest BCUT2D eigenvalue weighted by Gasteiger charge is 2.22. The molecule has 0 aliphatic carbocycles. The lowest BCUT2D eigenvalue weighted by Crippen LogP contribution is -2.22. The van der Waals surface area contributed by atoms with Gasteiger partial charge in [-0.05, 0) is 91.9 Å². The number of rotatable bonds is 5. The van der Waals surface area contributed by atoms with Crippen molar-refractivity contribution in [2.24, 2.45) is 0 Å². The van der Waals surface area contributed by atoms with E-state index in [4.69, 9.17) is 30.4 Å². The van der Waals surface area contributed by atoms with Crippen LogP contribution in [0.1, 0.15) is 41.0 Å². The summed E-state index contributed by atoms with van der Waals surface area (Å²) < 4.78 is 12.5. The lowest BCUT2D eigenvalue weighted by molar-refractivity contribution is 0.331. The van der Waals surface area contributed by atoms with Crippen LogP contribution in [0.2, 0.25) is 5.02 Å². The Kier molecular flexibility index (Phi) is 6.26. The third-order valence-corrected chi connectivity index (χ3v) is 8.41. The van der Waals surface area contributed by atoms with E-state index in [1.165, 1.54) is 18.4 Å². The van der Waals surface area contributed by atoms with Gasteiger partial charge in [0.2, 0.25) is 11.8 Å². The Morgan fingerprint density at radius 2 is 1.54 bits per heavy atom. The molecular formula is C32H31ClN4O2. The van der Waals surface area contributed by atoms with Gasteiger partial charge < -0.3 is 14.2 Å². The van der Waals surface area contributed by atoms with Crippen LogP contribution in [0.5, 0.6) is 0 Å². The molecule has 0 unspecified atom stereocenters. The second kappa shape index (κ2) is 9.94. The quantitative estimate of drug-likeness (QED) is 0.253. The molecule has 4 heterocycles. The maximum atomic E-state index is 6.68. The normalized spacial score (nSPS) is 15.8. The fourth-order valence-electron chi connectivity index (χ4n) is 6.01. The van der Waals surface area contributed by atoms with Crippen molar-refractivity contribution in [2.45, 2.75) is 46.2 Å². The molecule has 5 aromatic rings. The standard InChI is InChI=1S/C32H31ClN4O2/c1-19-22(7-5-9-24(19)31-36-28-17-34-12-11-29(28)38-31)23-8-6-10-25(20(23)2)32-35-27-16-21(15-26(33)30(27)39-32)18-37-13-3-4-14-37/h5-10,15-16,34H,3-4,11-14,17-18H2,1-2H3. The average Bonchev–Trinajstić information content (AvgIpc) is 3.69. The first kappa shape index (κ1) is 24.6. The molecule has 0 radical (unpaired) electrons. The Balaban J connectivity index is 1.26. The van der Waals surface area contributed by atoms with Gasteiger partial charge in [0, 0.05) is 37.2 Å². The minimum Gasteiger partial charge on any atom is -0.441 e. The maximum absolute atomic E-state index is 6.68. The highest BCUT2D eigenvalue weighted by atomic mass is 35.5. The lowest BCUT2D eigenvalue weighted by Gasteiger charge is -2.14. The molecule has 0 bridgehead atoms. The highest BCUT2D eigenvalue weighted by molar-refractivity contribution is 6.34. The third kappa shape index (κ3) is 4.46. The van der Waals surface area contributed by atoms with Crippen LogP contribution < -0.4 is 5.32 Å². The number of aromatic nitrogens is 2. The summed E-state index contributed by atoms with van der Waals surface area (Å²) in [6, 6.07) is 16.7. The molecule has 2 aliphatic rings. The number of nitrogens with one attached hydrogen (secondary N) is 1. The van der Waals surface area contributed by atoms with Crippen molar-refractivity contribution >= 4 is 22.7 Å². The summed E-state index contributed by atoms with van der Waals surface area (Å²) in [6.07, 6.45) is 3.40. The van der Waals surface area contributed by atoms with Gasteiger partial charge in [0.25, 0.3) is 0 Å². The second-order valence-electron chi connectivity index (χ2n) is 10.7. The predicted octanol–water partition coefficient (Wildman–Crippen LogP) is 7.33. The minimum absolute atomic E-state index is 0.589. The second-order valence-corrected chi connectivity index (χ2v) is 11.1. The number of fused-ring (bicyclic) bond motifs is 2. The van der Waals surface area contributed by atoms with Crippen LogP contribution in [0.3, 0.4) is 0 Å². The molecule has 0 spiro atoms. The molecule has 2 aliphatic heterocycles. The predicted molar refractivity (Wildman–Crippen MR) is 155 cm³/mol. The number of hydrogen-bond acceptors (Lipinski definition) is 6. The smallest absolute Gasteiger partial charge is 0.227 e. The monoisotopic (exact) mass is 538 g/mol. The van der Waals surface area contributed by atoms with E-state index in [0.29, 0.717) is 22.4 Å². The Morgan fingerprint density at radius 3 is 2.23 bits per heavy atom. The van der Waals surface area contributed by atoms with Gasteiger partial charge in [0.15, 0.2) is 5.58 Å². The average molecular weight is 539 g/mol. The molecule has 6 nitrogen and oxygen atoms in total. The Morgan fingerprint density at radius 1 is 0.872 bits per heavy atom. The van der Waals surface area contributed by atoms with E-state index < -0.39 is 0 Å². The molecule has 1 fully saturated rings. The molecule has 7 rings (SSSR count). The fourth-order valence-corrected chi connectivity index (χ4v) is 6.29. The van der Waals surface area contributed by atoms with E-state index in [9.17, 15) is 0 Å². The molecule has 7 heteroatoms. The van der Waals surface area contributed by atoms with Crippen LogP contribution >= 0.6 is 11.6 Å². The summed E-state index contributed by atoms with van der Waals surface area (Å²) in [5.41, 5.74) is 10.1. The first-order valence-electron chi connectivity index (χ1n) is 13.8.